The van der Waals surface area contributed by atoms with E-state index in [0.717, 1.165) is 48.5 Å². The number of aryl methyl sites for hydroxylation is 1. The highest BCUT2D eigenvalue weighted by Gasteiger charge is 2.26. The smallest absolute Gasteiger partial charge is 0.223 e. The zero-order valence-electron chi connectivity index (χ0n) is 14.0. The summed E-state index contributed by atoms with van der Waals surface area (Å²) in [6, 6.07) is 8.15. The molecule has 3 rings (SSSR count). The molecule has 1 saturated heterocycles. The maximum atomic E-state index is 12.1. The van der Waals surface area contributed by atoms with Crippen LogP contribution in [-0.2, 0) is 4.79 Å². The molecule has 1 aliphatic rings. The van der Waals surface area contributed by atoms with Gasteiger partial charge >= 0.3 is 0 Å². The molecular formula is C18H24N4O. The van der Waals surface area contributed by atoms with Crippen LogP contribution in [0.15, 0.2) is 24.3 Å². The number of hydrogen-bond acceptors (Lipinski definition) is 4. The molecule has 0 aliphatic carbocycles. The Morgan fingerprint density at radius 2 is 1.78 bits per heavy atom. The predicted molar refractivity (Wildman–Crippen MR) is 92.5 cm³/mol. The number of piperidine rings is 1. The normalized spacial score (nSPS) is 16.1. The third-order valence-electron chi connectivity index (χ3n) is 4.32. The van der Waals surface area contributed by atoms with Gasteiger partial charge in [-0.2, -0.15) is 0 Å². The van der Waals surface area contributed by atoms with E-state index in [1.54, 1.807) is 0 Å². The first-order valence-corrected chi connectivity index (χ1v) is 8.33. The first-order valence-electron chi connectivity index (χ1n) is 8.33. The topological polar surface area (TPSA) is 58.1 Å². The van der Waals surface area contributed by atoms with Gasteiger partial charge in [-0.25, -0.2) is 9.97 Å². The maximum absolute atomic E-state index is 12.1. The molecule has 1 N–H and O–H groups in total. The number of carbonyl (C=O) groups excluding carboxylic acids is 1. The Morgan fingerprint density at radius 3 is 2.39 bits per heavy atom. The van der Waals surface area contributed by atoms with Crippen LogP contribution in [0.2, 0.25) is 0 Å². The van der Waals surface area contributed by atoms with E-state index in [4.69, 9.17) is 4.98 Å². The Labute approximate surface area is 137 Å². The van der Waals surface area contributed by atoms with Crippen molar-refractivity contribution < 1.29 is 4.79 Å². The van der Waals surface area contributed by atoms with E-state index in [9.17, 15) is 4.79 Å². The standard InChI is InChI=1S/C18H24N4O/c1-12(2)19-18(23)14-8-10-22(11-9-14)17-13(3)20-15-6-4-5-7-16(15)21-17/h4-7,12,14H,8-11H2,1-3H3,(H,19,23). The van der Waals surface area contributed by atoms with E-state index in [0.29, 0.717) is 0 Å². The molecule has 1 aromatic carbocycles. The number of para-hydroxylation sites is 2. The van der Waals surface area contributed by atoms with Gasteiger partial charge in [0.2, 0.25) is 5.91 Å². The van der Waals surface area contributed by atoms with Crippen LogP contribution in [0.4, 0.5) is 5.82 Å². The summed E-state index contributed by atoms with van der Waals surface area (Å²) in [6.45, 7) is 7.71. The Morgan fingerprint density at radius 1 is 1.17 bits per heavy atom. The molecule has 2 heterocycles. The quantitative estimate of drug-likeness (QED) is 0.946. The van der Waals surface area contributed by atoms with Crippen molar-refractivity contribution in [3.8, 4) is 0 Å². The van der Waals surface area contributed by atoms with Gasteiger partial charge in [0.15, 0.2) is 5.82 Å². The largest absolute Gasteiger partial charge is 0.355 e. The molecule has 5 heteroatoms. The van der Waals surface area contributed by atoms with E-state index in [2.05, 4.69) is 15.2 Å². The summed E-state index contributed by atoms with van der Waals surface area (Å²) in [5.74, 6) is 1.25. The number of nitrogens with zero attached hydrogens (tertiary/aromatic N) is 3. The van der Waals surface area contributed by atoms with Crippen LogP contribution in [0.3, 0.4) is 0 Å². The summed E-state index contributed by atoms with van der Waals surface area (Å²) in [5, 5.41) is 3.02. The van der Waals surface area contributed by atoms with E-state index < -0.39 is 0 Å². The van der Waals surface area contributed by atoms with Crippen molar-refractivity contribution in [3.05, 3.63) is 30.0 Å². The lowest BCUT2D eigenvalue weighted by atomic mass is 9.95. The average molecular weight is 312 g/mol. The molecule has 0 atom stereocenters. The summed E-state index contributed by atoms with van der Waals surface area (Å²) in [5.41, 5.74) is 2.81. The number of benzene rings is 1. The molecule has 122 valence electrons. The lowest BCUT2D eigenvalue weighted by molar-refractivity contribution is -0.126. The minimum atomic E-state index is 0.113. The zero-order chi connectivity index (χ0) is 16.4. The summed E-state index contributed by atoms with van der Waals surface area (Å²) in [6.07, 6.45) is 1.74. The molecule has 1 aliphatic heterocycles. The number of fused-ring (bicyclic) bond motifs is 1. The molecular weight excluding hydrogens is 288 g/mol. The van der Waals surface area contributed by atoms with Crippen LogP contribution in [0.5, 0.6) is 0 Å². The summed E-state index contributed by atoms with van der Waals surface area (Å²) >= 11 is 0. The van der Waals surface area contributed by atoms with Gasteiger partial charge in [0.1, 0.15) is 0 Å². The second-order valence-corrected chi connectivity index (χ2v) is 6.55. The number of nitrogens with one attached hydrogen (secondary N) is 1. The third kappa shape index (κ3) is 3.44. The lowest BCUT2D eigenvalue weighted by Gasteiger charge is -2.33. The molecule has 0 unspecified atom stereocenters. The maximum Gasteiger partial charge on any atom is 0.223 e. The number of aromatic nitrogens is 2. The highest BCUT2D eigenvalue weighted by molar-refractivity contribution is 5.79. The SMILES string of the molecule is Cc1nc2ccccc2nc1N1CCC(C(=O)NC(C)C)CC1. The molecule has 2 aromatic rings. The molecule has 0 radical (unpaired) electrons. The Kier molecular flexibility index (Phi) is 4.46. The lowest BCUT2D eigenvalue weighted by Crippen LogP contribution is -2.42. The second-order valence-electron chi connectivity index (χ2n) is 6.55. The molecule has 0 saturated carbocycles. The zero-order valence-corrected chi connectivity index (χ0v) is 14.0. The van der Waals surface area contributed by atoms with Crippen LogP contribution >= 0.6 is 0 Å². The van der Waals surface area contributed by atoms with Crippen molar-refractivity contribution in [2.75, 3.05) is 18.0 Å². The van der Waals surface area contributed by atoms with Crippen LogP contribution in [0, 0.1) is 12.8 Å². The van der Waals surface area contributed by atoms with E-state index in [1.165, 1.54) is 0 Å². The first-order chi connectivity index (χ1) is 11.0. The number of carbonyl (C=O) groups is 1. The number of amides is 1. The fraction of sp³-hybridized carbons (Fsp3) is 0.500. The van der Waals surface area contributed by atoms with Gasteiger partial charge in [0.05, 0.1) is 16.7 Å². The van der Waals surface area contributed by atoms with Crippen LogP contribution < -0.4 is 10.2 Å². The number of hydrogen-bond donors (Lipinski definition) is 1. The Bertz CT molecular complexity index is 705. The van der Waals surface area contributed by atoms with Crippen molar-refractivity contribution in [1.29, 1.82) is 0 Å². The van der Waals surface area contributed by atoms with Crippen molar-refractivity contribution in [3.63, 3.8) is 0 Å². The Hall–Kier alpha value is -2.17. The van der Waals surface area contributed by atoms with Gasteiger partial charge in [0, 0.05) is 25.0 Å². The summed E-state index contributed by atoms with van der Waals surface area (Å²) < 4.78 is 0. The molecule has 5 nitrogen and oxygen atoms in total. The van der Waals surface area contributed by atoms with Crippen molar-refractivity contribution >= 4 is 22.8 Å². The van der Waals surface area contributed by atoms with Crippen molar-refractivity contribution in [1.82, 2.24) is 15.3 Å². The van der Waals surface area contributed by atoms with E-state index >= 15 is 0 Å². The summed E-state index contributed by atoms with van der Waals surface area (Å²) in [4.78, 5) is 23.8. The van der Waals surface area contributed by atoms with Gasteiger partial charge in [-0.3, -0.25) is 4.79 Å². The van der Waals surface area contributed by atoms with Gasteiger partial charge in [0.25, 0.3) is 0 Å². The summed E-state index contributed by atoms with van der Waals surface area (Å²) in [7, 11) is 0. The van der Waals surface area contributed by atoms with Crippen molar-refractivity contribution in [2.24, 2.45) is 5.92 Å². The van der Waals surface area contributed by atoms with E-state index in [-0.39, 0.29) is 17.9 Å². The van der Waals surface area contributed by atoms with Crippen LogP contribution in [0.25, 0.3) is 11.0 Å². The highest BCUT2D eigenvalue weighted by atomic mass is 16.1. The van der Waals surface area contributed by atoms with Crippen LogP contribution in [-0.4, -0.2) is 35.0 Å². The molecule has 1 amide bonds. The van der Waals surface area contributed by atoms with Gasteiger partial charge in [-0.05, 0) is 45.7 Å². The first kappa shape index (κ1) is 15.7. The van der Waals surface area contributed by atoms with Crippen LogP contribution in [0.1, 0.15) is 32.4 Å². The van der Waals surface area contributed by atoms with Crippen molar-refractivity contribution in [2.45, 2.75) is 39.7 Å². The Balaban J connectivity index is 1.72. The fourth-order valence-electron chi connectivity index (χ4n) is 3.13. The minimum absolute atomic E-state index is 0.113. The van der Waals surface area contributed by atoms with E-state index in [1.807, 2.05) is 45.0 Å². The molecule has 1 fully saturated rings. The monoisotopic (exact) mass is 312 g/mol. The number of rotatable bonds is 3. The molecule has 0 spiro atoms. The second kappa shape index (κ2) is 6.52. The minimum Gasteiger partial charge on any atom is -0.355 e. The number of anilines is 1. The predicted octanol–water partition coefficient (Wildman–Crippen LogP) is 2.68. The molecule has 0 bridgehead atoms. The highest BCUT2D eigenvalue weighted by Crippen LogP contribution is 2.25. The fourth-order valence-corrected chi connectivity index (χ4v) is 3.13. The van der Waals surface area contributed by atoms with Gasteiger partial charge < -0.3 is 10.2 Å². The molecule has 1 aromatic heterocycles. The average Bonchev–Trinajstić information content (AvgIpc) is 2.54. The third-order valence-corrected chi connectivity index (χ3v) is 4.32. The molecule has 23 heavy (non-hydrogen) atoms. The van der Waals surface area contributed by atoms with Gasteiger partial charge in [-0.15, -0.1) is 0 Å². The van der Waals surface area contributed by atoms with Gasteiger partial charge in [-0.1, -0.05) is 12.1 Å².